The van der Waals surface area contributed by atoms with Gasteiger partial charge in [-0.3, -0.25) is 9.36 Å². The highest BCUT2D eigenvalue weighted by atomic mass is 16.5. The van der Waals surface area contributed by atoms with Crippen LogP contribution in [0.2, 0.25) is 0 Å². The highest BCUT2D eigenvalue weighted by molar-refractivity contribution is 5.83. The minimum Gasteiger partial charge on any atom is -0.494 e. The minimum atomic E-state index is 0.0188. The van der Waals surface area contributed by atoms with Gasteiger partial charge in [-0.15, -0.1) is 0 Å². The van der Waals surface area contributed by atoms with Crippen LogP contribution in [0.5, 0.6) is 5.75 Å². The molecule has 1 atom stereocenters. The number of hydrogen-bond acceptors (Lipinski definition) is 4. The molecule has 0 amide bonds. The number of nitrogens with zero attached hydrogens (tertiary/aromatic N) is 3. The Hall–Kier alpha value is -2.66. The molecule has 5 nitrogen and oxygen atoms in total. The molecule has 0 unspecified atom stereocenters. The fourth-order valence-corrected chi connectivity index (χ4v) is 4.17. The monoisotopic (exact) mass is 377 g/mol. The molecule has 2 heterocycles. The average Bonchev–Trinajstić information content (AvgIpc) is 2.75. The Morgan fingerprint density at radius 2 is 2.00 bits per heavy atom. The summed E-state index contributed by atoms with van der Waals surface area (Å²) in [7, 11) is 1.61. The van der Waals surface area contributed by atoms with Crippen molar-refractivity contribution in [2.45, 2.75) is 25.8 Å². The van der Waals surface area contributed by atoms with Crippen LogP contribution in [0.1, 0.15) is 18.4 Å². The molecule has 146 valence electrons. The molecule has 0 spiro atoms. The van der Waals surface area contributed by atoms with Gasteiger partial charge in [0.15, 0.2) is 0 Å². The van der Waals surface area contributed by atoms with E-state index in [0.717, 1.165) is 39.0 Å². The van der Waals surface area contributed by atoms with Crippen molar-refractivity contribution >= 4 is 10.9 Å². The second-order valence-electron chi connectivity index (χ2n) is 7.60. The van der Waals surface area contributed by atoms with Gasteiger partial charge in [0.05, 0.1) is 18.8 Å². The smallest absolute Gasteiger partial charge is 0.261 e. The van der Waals surface area contributed by atoms with Crippen molar-refractivity contribution in [3.05, 3.63) is 70.8 Å². The van der Waals surface area contributed by atoms with Gasteiger partial charge in [0.1, 0.15) is 11.3 Å². The lowest BCUT2D eigenvalue weighted by atomic mass is 9.97. The Morgan fingerprint density at radius 3 is 2.82 bits per heavy atom. The number of benzene rings is 2. The molecule has 0 N–H and O–H groups in total. The van der Waals surface area contributed by atoms with Crippen LogP contribution < -0.4 is 10.3 Å². The van der Waals surface area contributed by atoms with Gasteiger partial charge < -0.3 is 9.64 Å². The van der Waals surface area contributed by atoms with Crippen LogP contribution in [0.25, 0.3) is 10.9 Å². The molecule has 28 heavy (non-hydrogen) atoms. The number of piperidine rings is 1. The summed E-state index contributed by atoms with van der Waals surface area (Å²) in [5, 5.41) is 0.624. The van der Waals surface area contributed by atoms with Gasteiger partial charge in [-0.25, -0.2) is 4.98 Å². The number of rotatable bonds is 6. The van der Waals surface area contributed by atoms with Crippen molar-refractivity contribution in [2.75, 3.05) is 26.7 Å². The SMILES string of the molecule is COc1cccc2c(=O)n(C[C@@H]3CCCN(CCc4ccccc4)C3)cnc12. The van der Waals surface area contributed by atoms with E-state index in [1.165, 1.54) is 12.0 Å². The third-order valence-corrected chi connectivity index (χ3v) is 5.65. The van der Waals surface area contributed by atoms with Crippen molar-refractivity contribution in [2.24, 2.45) is 5.92 Å². The first-order valence-corrected chi connectivity index (χ1v) is 10.0. The molecular weight excluding hydrogens is 350 g/mol. The molecule has 0 bridgehead atoms. The number of para-hydroxylation sites is 1. The Balaban J connectivity index is 1.44. The summed E-state index contributed by atoms with van der Waals surface area (Å²) in [5.74, 6) is 1.12. The van der Waals surface area contributed by atoms with Gasteiger partial charge in [-0.2, -0.15) is 0 Å². The summed E-state index contributed by atoms with van der Waals surface area (Å²) >= 11 is 0. The Kier molecular flexibility index (Phi) is 5.72. The summed E-state index contributed by atoms with van der Waals surface area (Å²) < 4.78 is 7.10. The van der Waals surface area contributed by atoms with E-state index < -0.39 is 0 Å². The molecule has 0 saturated carbocycles. The fourth-order valence-electron chi connectivity index (χ4n) is 4.17. The van der Waals surface area contributed by atoms with Gasteiger partial charge in [-0.05, 0) is 49.4 Å². The van der Waals surface area contributed by atoms with E-state index in [9.17, 15) is 4.79 Å². The molecular formula is C23H27N3O2. The summed E-state index contributed by atoms with van der Waals surface area (Å²) in [5.41, 5.74) is 2.04. The normalized spacial score (nSPS) is 17.7. The number of hydrogen-bond donors (Lipinski definition) is 0. The van der Waals surface area contributed by atoms with Crippen LogP contribution in [0.3, 0.4) is 0 Å². The number of aromatic nitrogens is 2. The minimum absolute atomic E-state index is 0.0188. The first kappa shape index (κ1) is 18.7. The maximum atomic E-state index is 12.9. The first-order chi connectivity index (χ1) is 13.7. The van der Waals surface area contributed by atoms with Gasteiger partial charge in [0, 0.05) is 19.6 Å². The standard InChI is InChI=1S/C23H27N3O2/c1-28-21-11-5-10-20-22(21)24-17-26(23(20)27)16-19-9-6-13-25(15-19)14-12-18-7-3-2-4-8-18/h2-5,7-8,10-11,17,19H,6,9,12-16H2,1H3/t19-/m1/s1. The molecule has 0 radical (unpaired) electrons. The number of ether oxygens (including phenoxy) is 1. The predicted octanol–water partition coefficient (Wildman–Crippen LogP) is 3.36. The molecule has 0 aliphatic carbocycles. The lowest BCUT2D eigenvalue weighted by Crippen LogP contribution is -2.39. The van der Waals surface area contributed by atoms with Crippen molar-refractivity contribution in [1.29, 1.82) is 0 Å². The maximum Gasteiger partial charge on any atom is 0.261 e. The number of fused-ring (bicyclic) bond motifs is 1. The van der Waals surface area contributed by atoms with Crippen LogP contribution in [0, 0.1) is 5.92 Å². The van der Waals surface area contributed by atoms with Crippen molar-refractivity contribution in [3.63, 3.8) is 0 Å². The number of methoxy groups -OCH3 is 1. The molecule has 1 aliphatic rings. The zero-order valence-corrected chi connectivity index (χ0v) is 16.4. The van der Waals surface area contributed by atoms with Crippen LogP contribution in [0.15, 0.2) is 59.7 Å². The van der Waals surface area contributed by atoms with Gasteiger partial charge in [0.25, 0.3) is 5.56 Å². The predicted molar refractivity (Wildman–Crippen MR) is 112 cm³/mol. The quantitative estimate of drug-likeness (QED) is 0.661. The lowest BCUT2D eigenvalue weighted by molar-refractivity contribution is 0.163. The Morgan fingerprint density at radius 1 is 1.14 bits per heavy atom. The third kappa shape index (κ3) is 4.09. The second-order valence-corrected chi connectivity index (χ2v) is 7.60. The van der Waals surface area contributed by atoms with Crippen molar-refractivity contribution in [3.8, 4) is 5.75 Å². The van der Waals surface area contributed by atoms with Crippen LogP contribution in [0.4, 0.5) is 0 Å². The summed E-state index contributed by atoms with van der Waals surface area (Å²) in [6, 6.07) is 16.2. The largest absolute Gasteiger partial charge is 0.494 e. The van der Waals surface area contributed by atoms with Crippen molar-refractivity contribution in [1.82, 2.24) is 14.5 Å². The molecule has 1 aliphatic heterocycles. The molecule has 3 aromatic rings. The van der Waals surface area contributed by atoms with E-state index in [2.05, 4.69) is 40.2 Å². The van der Waals surface area contributed by atoms with E-state index in [1.807, 2.05) is 18.2 Å². The van der Waals surface area contributed by atoms with Gasteiger partial charge in [-0.1, -0.05) is 36.4 Å². The molecule has 4 rings (SSSR count). The molecule has 5 heteroatoms. The van der Waals surface area contributed by atoms with Gasteiger partial charge >= 0.3 is 0 Å². The highest BCUT2D eigenvalue weighted by Gasteiger charge is 2.21. The third-order valence-electron chi connectivity index (χ3n) is 5.65. The van der Waals surface area contributed by atoms with E-state index >= 15 is 0 Å². The van der Waals surface area contributed by atoms with E-state index in [0.29, 0.717) is 22.6 Å². The summed E-state index contributed by atoms with van der Waals surface area (Å²) in [4.78, 5) is 19.9. The topological polar surface area (TPSA) is 47.4 Å². The zero-order chi connectivity index (χ0) is 19.3. The lowest BCUT2D eigenvalue weighted by Gasteiger charge is -2.33. The molecule has 1 aromatic heterocycles. The van der Waals surface area contributed by atoms with Crippen molar-refractivity contribution < 1.29 is 4.74 Å². The maximum absolute atomic E-state index is 12.9. The fraction of sp³-hybridized carbons (Fsp3) is 0.391. The number of likely N-dealkylation sites (tertiary alicyclic amines) is 1. The second kappa shape index (κ2) is 8.57. The Labute approximate surface area is 165 Å². The first-order valence-electron chi connectivity index (χ1n) is 10.0. The van der Waals surface area contributed by atoms with E-state index in [4.69, 9.17) is 4.74 Å². The molecule has 1 saturated heterocycles. The van der Waals surface area contributed by atoms with Crippen LogP contribution in [-0.2, 0) is 13.0 Å². The zero-order valence-electron chi connectivity index (χ0n) is 16.4. The summed E-state index contributed by atoms with van der Waals surface area (Å²) in [6.45, 7) is 3.98. The van der Waals surface area contributed by atoms with Crippen LogP contribution in [-0.4, -0.2) is 41.2 Å². The Bertz CT molecular complexity index is 984. The average molecular weight is 377 g/mol. The molecule has 1 fully saturated rings. The van der Waals surface area contributed by atoms with Gasteiger partial charge in [0.2, 0.25) is 0 Å². The highest BCUT2D eigenvalue weighted by Crippen LogP contribution is 2.22. The van der Waals surface area contributed by atoms with E-state index in [1.54, 1.807) is 18.0 Å². The summed E-state index contributed by atoms with van der Waals surface area (Å²) in [6.07, 6.45) is 5.09. The molecule has 2 aromatic carbocycles. The van der Waals surface area contributed by atoms with E-state index in [-0.39, 0.29) is 5.56 Å². The van der Waals surface area contributed by atoms with Crippen LogP contribution >= 0.6 is 0 Å².